The van der Waals surface area contributed by atoms with E-state index in [4.69, 9.17) is 10.9 Å². The van der Waals surface area contributed by atoms with Gasteiger partial charge in [0, 0.05) is 5.56 Å². The maximum atomic E-state index is 13.5. The molecule has 0 aromatic heterocycles. The molecule has 1 saturated heterocycles. The van der Waals surface area contributed by atoms with E-state index in [1.807, 2.05) is 0 Å². The third kappa shape index (κ3) is 4.17. The van der Waals surface area contributed by atoms with Crippen LogP contribution in [-0.2, 0) is 22.6 Å². The van der Waals surface area contributed by atoms with E-state index in [1.54, 1.807) is 24.3 Å². The maximum absolute atomic E-state index is 13.5. The molecule has 0 saturated carbocycles. The fraction of sp³-hybridized carbons (Fsp3) is 0.250. The smallest absolute Gasteiger partial charge is 0.330 e. The van der Waals surface area contributed by atoms with Gasteiger partial charge in [-0.05, 0) is 35.7 Å². The summed E-state index contributed by atoms with van der Waals surface area (Å²) in [6.45, 7) is 0.452. The predicted octanol–water partition coefficient (Wildman–Crippen LogP) is 0.637. The van der Waals surface area contributed by atoms with Crippen molar-refractivity contribution < 1.29 is 21.6 Å². The number of halogens is 3. The number of nitrogens with two attached hydrogens (primary N) is 2. The Balaban J connectivity index is 2.28. The highest BCUT2D eigenvalue weighted by Gasteiger charge is 2.40. The Labute approximate surface area is 159 Å². The Bertz CT molecular complexity index is 958. The molecule has 3 rings (SSSR count). The molecule has 12 heteroatoms. The summed E-state index contributed by atoms with van der Waals surface area (Å²) in [6, 6.07) is 8.91. The minimum Gasteiger partial charge on any atom is -0.330 e. The van der Waals surface area contributed by atoms with Crippen molar-refractivity contribution in [3.63, 3.8) is 0 Å². The summed E-state index contributed by atoms with van der Waals surface area (Å²) >= 11 is 0. The molecule has 2 aromatic carbocycles. The number of nitrogens with one attached hydrogen (secondary N) is 4. The lowest BCUT2D eigenvalue weighted by Crippen LogP contribution is -2.33. The van der Waals surface area contributed by atoms with E-state index in [0.717, 1.165) is 11.6 Å². The van der Waals surface area contributed by atoms with Crippen LogP contribution < -0.4 is 32.8 Å². The molecule has 1 heterocycles. The van der Waals surface area contributed by atoms with Crippen LogP contribution >= 0.6 is 0 Å². The number of sulfonamides is 1. The van der Waals surface area contributed by atoms with Gasteiger partial charge in [-0.3, -0.25) is 0 Å². The molecule has 152 valence electrons. The molecule has 0 atom stereocenters. The zero-order valence-corrected chi connectivity index (χ0v) is 15.3. The van der Waals surface area contributed by atoms with Gasteiger partial charge in [-0.25, -0.2) is 24.4 Å². The molecule has 0 aliphatic carbocycles. The van der Waals surface area contributed by atoms with E-state index in [9.17, 15) is 21.6 Å². The Hall–Kier alpha value is -2.06. The van der Waals surface area contributed by atoms with Crippen LogP contribution in [0.3, 0.4) is 0 Å². The van der Waals surface area contributed by atoms with E-state index < -0.39 is 32.8 Å². The lowest BCUT2D eigenvalue weighted by atomic mass is 9.94. The number of rotatable bonds is 5. The van der Waals surface area contributed by atoms with Gasteiger partial charge in [0.15, 0.2) is 0 Å². The fourth-order valence-electron chi connectivity index (χ4n) is 3.08. The zero-order chi connectivity index (χ0) is 20.5. The molecule has 8 nitrogen and oxygen atoms in total. The highest BCUT2D eigenvalue weighted by molar-refractivity contribution is 7.89. The Morgan fingerprint density at radius 3 is 2.11 bits per heavy atom. The average molecular weight is 416 g/mol. The predicted molar refractivity (Wildman–Crippen MR) is 96.3 cm³/mol. The van der Waals surface area contributed by atoms with Gasteiger partial charge in [0.1, 0.15) is 11.1 Å². The number of alkyl halides is 3. The summed E-state index contributed by atoms with van der Waals surface area (Å²) in [5.41, 5.74) is 16.0. The van der Waals surface area contributed by atoms with Gasteiger partial charge in [0.25, 0.3) is 0 Å². The third-order valence-electron chi connectivity index (χ3n) is 4.27. The van der Waals surface area contributed by atoms with Crippen LogP contribution in [-0.4, -0.2) is 15.0 Å². The SMILES string of the molecule is NCCc1ccc(-c2ccc(C(F)(F)F)c(S(N)(=O)=O)c2C2NNNN2)cc1. The Kier molecular flexibility index (Phi) is 5.72. The van der Waals surface area contributed by atoms with E-state index in [0.29, 0.717) is 18.5 Å². The summed E-state index contributed by atoms with van der Waals surface area (Å²) in [5, 5.41) is 5.20. The average Bonchev–Trinajstić information content (AvgIpc) is 3.14. The fourth-order valence-corrected chi connectivity index (χ4v) is 4.11. The first-order valence-electron chi connectivity index (χ1n) is 8.20. The highest BCUT2D eigenvalue weighted by Crippen LogP contribution is 2.41. The molecule has 2 aromatic rings. The van der Waals surface area contributed by atoms with E-state index in [-0.39, 0.29) is 11.1 Å². The van der Waals surface area contributed by atoms with Gasteiger partial charge >= 0.3 is 6.18 Å². The van der Waals surface area contributed by atoms with Gasteiger partial charge in [-0.2, -0.15) is 24.2 Å². The second-order valence-electron chi connectivity index (χ2n) is 6.15. The van der Waals surface area contributed by atoms with Crippen molar-refractivity contribution in [2.24, 2.45) is 10.9 Å². The van der Waals surface area contributed by atoms with Crippen LogP contribution in [0, 0.1) is 0 Å². The summed E-state index contributed by atoms with van der Waals surface area (Å²) in [4.78, 5) is -0.987. The van der Waals surface area contributed by atoms with Crippen molar-refractivity contribution in [1.29, 1.82) is 0 Å². The minimum atomic E-state index is -4.90. The van der Waals surface area contributed by atoms with Crippen LogP contribution in [0.25, 0.3) is 11.1 Å². The van der Waals surface area contributed by atoms with Crippen molar-refractivity contribution in [3.05, 3.63) is 53.1 Å². The number of hydrazine groups is 3. The molecule has 28 heavy (non-hydrogen) atoms. The van der Waals surface area contributed by atoms with Gasteiger partial charge < -0.3 is 5.73 Å². The molecule has 0 bridgehead atoms. The van der Waals surface area contributed by atoms with Crippen molar-refractivity contribution >= 4 is 10.0 Å². The van der Waals surface area contributed by atoms with Crippen LogP contribution in [0.5, 0.6) is 0 Å². The number of primary sulfonamides is 1. The summed E-state index contributed by atoms with van der Waals surface area (Å²) in [7, 11) is -4.70. The molecule has 1 aliphatic rings. The molecule has 0 unspecified atom stereocenters. The first kappa shape index (κ1) is 20.7. The quantitative estimate of drug-likeness (QED) is 0.421. The molecular weight excluding hydrogens is 397 g/mol. The van der Waals surface area contributed by atoms with Gasteiger partial charge in [0.05, 0.1) is 5.56 Å². The van der Waals surface area contributed by atoms with Crippen LogP contribution in [0.2, 0.25) is 0 Å². The van der Waals surface area contributed by atoms with Gasteiger partial charge in [0.2, 0.25) is 10.0 Å². The van der Waals surface area contributed by atoms with Gasteiger partial charge in [-0.1, -0.05) is 30.3 Å². The first-order valence-corrected chi connectivity index (χ1v) is 9.75. The normalized spacial score (nSPS) is 15.9. The second kappa shape index (κ2) is 7.75. The van der Waals surface area contributed by atoms with Crippen molar-refractivity contribution in [2.45, 2.75) is 23.7 Å². The minimum absolute atomic E-state index is 0.151. The van der Waals surface area contributed by atoms with Crippen LogP contribution in [0.15, 0.2) is 41.3 Å². The topological polar surface area (TPSA) is 134 Å². The molecule has 8 N–H and O–H groups in total. The highest BCUT2D eigenvalue weighted by atomic mass is 32.2. The van der Waals surface area contributed by atoms with Crippen LogP contribution in [0.4, 0.5) is 13.2 Å². The van der Waals surface area contributed by atoms with Crippen LogP contribution in [0.1, 0.15) is 22.9 Å². The molecule has 1 aliphatic heterocycles. The van der Waals surface area contributed by atoms with Crippen molar-refractivity contribution in [2.75, 3.05) is 6.54 Å². The summed E-state index contributed by atoms with van der Waals surface area (Å²) < 4.78 is 64.9. The van der Waals surface area contributed by atoms with E-state index >= 15 is 0 Å². The summed E-state index contributed by atoms with van der Waals surface area (Å²) in [5.74, 6) is 0. The monoisotopic (exact) mass is 416 g/mol. The molecular formula is C16H19F3N6O2S. The second-order valence-corrected chi connectivity index (χ2v) is 7.65. The molecule has 1 fully saturated rings. The summed E-state index contributed by atoms with van der Waals surface area (Å²) in [6.07, 6.45) is -5.25. The number of benzene rings is 2. The molecule has 0 amide bonds. The third-order valence-corrected chi connectivity index (χ3v) is 5.28. The number of hydrogen-bond acceptors (Lipinski definition) is 7. The van der Waals surface area contributed by atoms with Crippen molar-refractivity contribution in [3.8, 4) is 11.1 Å². The Morgan fingerprint density at radius 1 is 1.00 bits per heavy atom. The Morgan fingerprint density at radius 2 is 1.61 bits per heavy atom. The first-order chi connectivity index (χ1) is 13.1. The van der Waals surface area contributed by atoms with Gasteiger partial charge in [-0.15, -0.1) is 0 Å². The molecule has 0 spiro atoms. The maximum Gasteiger partial charge on any atom is 0.417 e. The lowest BCUT2D eigenvalue weighted by molar-refractivity contribution is -0.140. The van der Waals surface area contributed by atoms with Crippen molar-refractivity contribution in [1.82, 2.24) is 21.9 Å². The largest absolute Gasteiger partial charge is 0.417 e. The number of hydrogen-bond donors (Lipinski definition) is 6. The zero-order valence-electron chi connectivity index (χ0n) is 14.5. The standard InChI is InChI=1S/C16H19F3N6O2S/c17-16(18,19)12-6-5-11(10-3-1-9(2-4-10)7-8-20)13(14(12)28(21,26)27)15-22-24-25-23-15/h1-6,15,22-25H,7-8,20H2,(H2,21,26,27). The van der Waals surface area contributed by atoms with E-state index in [2.05, 4.69) is 21.9 Å². The lowest BCUT2D eigenvalue weighted by Gasteiger charge is -2.22. The van der Waals surface area contributed by atoms with E-state index in [1.165, 1.54) is 6.07 Å². The molecule has 0 radical (unpaired) electrons.